The second-order valence-corrected chi connectivity index (χ2v) is 5.46. The third-order valence-corrected chi connectivity index (χ3v) is 3.69. The summed E-state index contributed by atoms with van der Waals surface area (Å²) in [6.45, 7) is 1.93. The van der Waals surface area contributed by atoms with E-state index in [-0.39, 0.29) is 24.5 Å². The summed E-state index contributed by atoms with van der Waals surface area (Å²) >= 11 is 0. The van der Waals surface area contributed by atoms with Crippen LogP contribution in [0.25, 0.3) is 0 Å². The number of furan rings is 1. The molecule has 0 fully saturated rings. The number of amides is 2. The Morgan fingerprint density at radius 1 is 1.39 bits per heavy atom. The van der Waals surface area contributed by atoms with Gasteiger partial charge in [-0.15, -0.1) is 0 Å². The molecule has 2 amide bonds. The molecule has 6 heteroatoms. The molecule has 23 heavy (non-hydrogen) atoms. The summed E-state index contributed by atoms with van der Waals surface area (Å²) in [5.41, 5.74) is 1.54. The lowest BCUT2D eigenvalue weighted by Crippen LogP contribution is -2.28. The molecule has 2 heterocycles. The quantitative estimate of drug-likeness (QED) is 0.888. The minimum atomic E-state index is -0.176. The molecule has 6 nitrogen and oxygen atoms in total. The Labute approximate surface area is 133 Å². The Hall–Kier alpha value is -2.76. The first-order chi connectivity index (χ1) is 11.1. The third-order valence-electron chi connectivity index (χ3n) is 3.69. The number of fused-ring (bicyclic) bond motifs is 1. The van der Waals surface area contributed by atoms with Gasteiger partial charge in [0, 0.05) is 12.8 Å². The molecule has 0 bridgehead atoms. The Balaban J connectivity index is 1.59. The number of ether oxygens (including phenoxy) is 1. The van der Waals surface area contributed by atoms with E-state index in [1.165, 1.54) is 0 Å². The lowest BCUT2D eigenvalue weighted by atomic mass is 10.1. The zero-order chi connectivity index (χ0) is 16.2. The Kier molecular flexibility index (Phi) is 4.32. The average Bonchev–Trinajstić information content (AvgIpc) is 3.05. The van der Waals surface area contributed by atoms with E-state index in [9.17, 15) is 9.59 Å². The summed E-state index contributed by atoms with van der Waals surface area (Å²) in [6, 6.07) is 9.00. The monoisotopic (exact) mass is 314 g/mol. The van der Waals surface area contributed by atoms with E-state index in [4.69, 9.17) is 9.15 Å². The molecule has 0 saturated carbocycles. The Morgan fingerprint density at radius 3 is 3.04 bits per heavy atom. The molecule has 0 aliphatic carbocycles. The van der Waals surface area contributed by atoms with Crippen molar-refractivity contribution in [3.05, 3.63) is 47.9 Å². The van der Waals surface area contributed by atoms with E-state index >= 15 is 0 Å². The van der Waals surface area contributed by atoms with Gasteiger partial charge in [-0.25, -0.2) is 0 Å². The van der Waals surface area contributed by atoms with Gasteiger partial charge in [-0.1, -0.05) is 6.07 Å². The summed E-state index contributed by atoms with van der Waals surface area (Å²) in [7, 11) is 0. The largest absolute Gasteiger partial charge is 0.482 e. The van der Waals surface area contributed by atoms with Crippen LogP contribution in [0.1, 0.15) is 30.7 Å². The van der Waals surface area contributed by atoms with Crippen molar-refractivity contribution in [1.82, 2.24) is 5.32 Å². The number of carbonyl (C=O) groups excluding carboxylic acids is 2. The van der Waals surface area contributed by atoms with Crippen LogP contribution in [0.2, 0.25) is 0 Å². The van der Waals surface area contributed by atoms with Crippen molar-refractivity contribution >= 4 is 17.5 Å². The molecular weight excluding hydrogens is 296 g/mol. The first-order valence-electron chi connectivity index (χ1n) is 7.50. The number of anilines is 1. The molecule has 1 aromatic heterocycles. The molecular formula is C17H18N2O4. The molecule has 120 valence electrons. The average molecular weight is 314 g/mol. The maximum Gasteiger partial charge on any atom is 0.262 e. The van der Waals surface area contributed by atoms with E-state index in [2.05, 4.69) is 10.6 Å². The highest BCUT2D eigenvalue weighted by atomic mass is 16.5. The minimum absolute atomic E-state index is 0.0332. The molecule has 3 rings (SSSR count). The van der Waals surface area contributed by atoms with Crippen molar-refractivity contribution in [1.29, 1.82) is 0 Å². The van der Waals surface area contributed by atoms with Crippen LogP contribution in [-0.2, 0) is 16.0 Å². The van der Waals surface area contributed by atoms with Gasteiger partial charge in [0.25, 0.3) is 5.91 Å². The van der Waals surface area contributed by atoms with Crippen molar-refractivity contribution in [3.63, 3.8) is 0 Å². The minimum Gasteiger partial charge on any atom is -0.482 e. The molecule has 1 atom stereocenters. The normalized spacial score (nSPS) is 14.4. The van der Waals surface area contributed by atoms with Crippen molar-refractivity contribution in [2.45, 2.75) is 25.8 Å². The summed E-state index contributed by atoms with van der Waals surface area (Å²) in [4.78, 5) is 23.4. The maximum absolute atomic E-state index is 12.0. The van der Waals surface area contributed by atoms with Gasteiger partial charge in [0.05, 0.1) is 18.0 Å². The first-order valence-corrected chi connectivity index (χ1v) is 7.50. The van der Waals surface area contributed by atoms with E-state index in [1.807, 2.05) is 25.1 Å². The number of hydrogen-bond acceptors (Lipinski definition) is 4. The molecule has 2 N–H and O–H groups in total. The lowest BCUT2D eigenvalue weighted by molar-refractivity contribution is -0.122. The standard InChI is InChI=1S/C17H18N2O4/c1-11(18-16(20)7-5-13-3-2-8-22-13)12-4-6-15-14(9-12)19-17(21)10-23-15/h2-4,6,8-9,11H,5,7,10H2,1H3,(H,18,20)(H,19,21)/t11-/m0/s1. The molecule has 0 saturated heterocycles. The fourth-order valence-electron chi connectivity index (χ4n) is 2.46. The number of benzene rings is 1. The van der Waals surface area contributed by atoms with E-state index in [0.717, 1.165) is 11.3 Å². The molecule has 1 aliphatic heterocycles. The van der Waals surface area contributed by atoms with E-state index < -0.39 is 0 Å². The first kappa shape index (κ1) is 15.1. The topological polar surface area (TPSA) is 80.6 Å². The predicted molar refractivity (Wildman–Crippen MR) is 84.2 cm³/mol. The van der Waals surface area contributed by atoms with Crippen LogP contribution in [0.15, 0.2) is 41.0 Å². The smallest absolute Gasteiger partial charge is 0.262 e. The molecule has 0 spiro atoms. The van der Waals surface area contributed by atoms with Gasteiger partial charge in [0.15, 0.2) is 6.61 Å². The molecule has 2 aromatic rings. The summed E-state index contributed by atoms with van der Waals surface area (Å²) in [5.74, 6) is 1.21. The zero-order valence-corrected chi connectivity index (χ0v) is 12.8. The van der Waals surface area contributed by atoms with Crippen molar-refractivity contribution in [2.24, 2.45) is 0 Å². The highest BCUT2D eigenvalue weighted by Gasteiger charge is 2.18. The number of carbonyl (C=O) groups is 2. The zero-order valence-electron chi connectivity index (χ0n) is 12.8. The number of rotatable bonds is 5. The van der Waals surface area contributed by atoms with Crippen LogP contribution < -0.4 is 15.4 Å². The second-order valence-electron chi connectivity index (χ2n) is 5.46. The van der Waals surface area contributed by atoms with Gasteiger partial charge in [-0.3, -0.25) is 9.59 Å². The lowest BCUT2D eigenvalue weighted by Gasteiger charge is -2.21. The molecule has 0 radical (unpaired) electrons. The number of nitrogens with one attached hydrogen (secondary N) is 2. The van der Waals surface area contributed by atoms with Crippen LogP contribution in [0.4, 0.5) is 5.69 Å². The van der Waals surface area contributed by atoms with Gasteiger partial charge in [0.1, 0.15) is 11.5 Å². The van der Waals surface area contributed by atoms with Crippen LogP contribution >= 0.6 is 0 Å². The summed E-state index contributed by atoms with van der Waals surface area (Å²) < 4.78 is 10.5. The number of hydrogen-bond donors (Lipinski definition) is 2. The summed E-state index contributed by atoms with van der Waals surface area (Å²) in [5, 5.41) is 5.71. The highest BCUT2D eigenvalue weighted by molar-refractivity contribution is 5.95. The van der Waals surface area contributed by atoms with Crippen LogP contribution in [0.5, 0.6) is 5.75 Å². The predicted octanol–water partition coefficient (Wildman–Crippen LogP) is 2.42. The molecule has 0 unspecified atom stereocenters. The third kappa shape index (κ3) is 3.71. The molecule has 1 aliphatic rings. The highest BCUT2D eigenvalue weighted by Crippen LogP contribution is 2.30. The van der Waals surface area contributed by atoms with E-state index in [1.54, 1.807) is 18.4 Å². The summed E-state index contributed by atoms with van der Waals surface area (Å²) in [6.07, 6.45) is 2.53. The van der Waals surface area contributed by atoms with Gasteiger partial charge in [-0.05, 0) is 36.8 Å². The van der Waals surface area contributed by atoms with Crippen molar-refractivity contribution in [3.8, 4) is 5.75 Å². The Morgan fingerprint density at radius 2 is 2.26 bits per heavy atom. The fourth-order valence-corrected chi connectivity index (χ4v) is 2.46. The van der Waals surface area contributed by atoms with Crippen LogP contribution in [0.3, 0.4) is 0 Å². The fraction of sp³-hybridized carbons (Fsp3) is 0.294. The van der Waals surface area contributed by atoms with Gasteiger partial charge >= 0.3 is 0 Å². The second kappa shape index (κ2) is 6.56. The SMILES string of the molecule is C[C@H](NC(=O)CCc1ccco1)c1ccc2c(c1)NC(=O)CO2. The van der Waals surface area contributed by atoms with Crippen LogP contribution in [-0.4, -0.2) is 18.4 Å². The van der Waals surface area contributed by atoms with E-state index in [0.29, 0.717) is 24.3 Å². The maximum atomic E-state index is 12.0. The molecule has 1 aromatic carbocycles. The van der Waals surface area contributed by atoms with Gasteiger partial charge in [0.2, 0.25) is 5.91 Å². The van der Waals surface area contributed by atoms with Gasteiger partial charge in [-0.2, -0.15) is 0 Å². The number of aryl methyl sites for hydroxylation is 1. The van der Waals surface area contributed by atoms with Crippen molar-refractivity contribution in [2.75, 3.05) is 11.9 Å². The van der Waals surface area contributed by atoms with Gasteiger partial charge < -0.3 is 19.8 Å². The Bertz CT molecular complexity index is 709. The van der Waals surface area contributed by atoms with Crippen LogP contribution in [0, 0.1) is 0 Å². The van der Waals surface area contributed by atoms with Crippen molar-refractivity contribution < 1.29 is 18.7 Å².